The van der Waals surface area contributed by atoms with Crippen LogP contribution in [0.15, 0.2) is 85.1 Å². The summed E-state index contributed by atoms with van der Waals surface area (Å²) in [6, 6.07) is 0. The van der Waals surface area contributed by atoms with Crippen molar-refractivity contribution in [2.45, 2.75) is 303 Å². The third kappa shape index (κ3) is 57.5. The first-order valence-corrected chi connectivity index (χ1v) is 30.6. The van der Waals surface area contributed by atoms with Crippen LogP contribution in [0.25, 0.3) is 0 Å². The Morgan fingerprint density at radius 3 is 0.819 bits per heavy atom. The van der Waals surface area contributed by atoms with Crippen molar-refractivity contribution in [1.82, 2.24) is 0 Å². The smallest absolute Gasteiger partial charge is 0.306 e. The summed E-state index contributed by atoms with van der Waals surface area (Å²) in [5, 5.41) is 0. The lowest BCUT2D eigenvalue weighted by molar-refractivity contribution is -0.167. The molecule has 6 nitrogen and oxygen atoms in total. The SMILES string of the molecule is CCCCC/C=C\C/C=C\C/C=C\CCCCCCCCC(=O)OCC(COC(=O)CCCCCCC/C=C\CCCCCCCCC)OC(=O)CCCCCCCC/C=C\C/C=C\C/C=C\CCCCC. The van der Waals surface area contributed by atoms with E-state index < -0.39 is 6.10 Å². The fraction of sp³-hybridized carbons (Fsp3) is 0.742. The number of esters is 3. The van der Waals surface area contributed by atoms with Gasteiger partial charge in [-0.05, 0) is 122 Å². The first kappa shape index (κ1) is 68.6. The molecule has 0 radical (unpaired) electrons. The topological polar surface area (TPSA) is 78.9 Å². The Labute approximate surface area is 445 Å². The van der Waals surface area contributed by atoms with Crippen molar-refractivity contribution in [2.75, 3.05) is 13.2 Å². The summed E-state index contributed by atoms with van der Waals surface area (Å²) in [4.78, 5) is 38.3. The third-order valence-electron chi connectivity index (χ3n) is 13.1. The van der Waals surface area contributed by atoms with Gasteiger partial charge in [0.1, 0.15) is 13.2 Å². The number of rotatable bonds is 55. The van der Waals surface area contributed by atoms with Gasteiger partial charge in [-0.1, -0.05) is 241 Å². The molecule has 72 heavy (non-hydrogen) atoms. The first-order valence-electron chi connectivity index (χ1n) is 30.6. The number of hydrogen-bond donors (Lipinski definition) is 0. The van der Waals surface area contributed by atoms with Crippen molar-refractivity contribution in [1.29, 1.82) is 0 Å². The van der Waals surface area contributed by atoms with E-state index in [1.165, 1.54) is 148 Å². The van der Waals surface area contributed by atoms with Crippen LogP contribution in [0.4, 0.5) is 0 Å². The molecule has 0 fully saturated rings. The largest absolute Gasteiger partial charge is 0.462 e. The molecule has 0 aromatic carbocycles. The summed E-state index contributed by atoms with van der Waals surface area (Å²) in [6.45, 7) is 6.58. The van der Waals surface area contributed by atoms with Crippen LogP contribution >= 0.6 is 0 Å². The molecular formula is C66H114O6. The standard InChI is InChI=1S/C66H114O6/c1-4-7-10-13-16-19-22-25-28-31-33-35-38-41-44-47-50-53-56-59-65(68)71-62-63(61-70-64(67)58-55-52-49-46-43-40-37-30-27-24-21-18-15-12-9-6-3)72-66(69)60-57-54-51-48-45-42-39-36-34-32-29-26-23-20-17-14-11-8-5-2/h16-17,19-20,25-26,28-30,33-37,63H,4-15,18,21-24,27,31-32,38-62H2,1-3H3/b19-16-,20-17-,28-25-,29-26-,35-33-,36-34-,37-30-. The molecule has 1 atom stereocenters. The lowest BCUT2D eigenvalue weighted by Crippen LogP contribution is -2.30. The number of carbonyl (C=O) groups is 3. The van der Waals surface area contributed by atoms with E-state index in [1.54, 1.807) is 0 Å². The number of allylic oxidation sites excluding steroid dienone is 14. The minimum Gasteiger partial charge on any atom is -0.462 e. The lowest BCUT2D eigenvalue weighted by atomic mass is 10.1. The van der Waals surface area contributed by atoms with Crippen LogP contribution in [0.3, 0.4) is 0 Å². The molecule has 0 spiro atoms. The normalized spacial score (nSPS) is 12.7. The Morgan fingerprint density at radius 1 is 0.278 bits per heavy atom. The summed E-state index contributed by atoms with van der Waals surface area (Å²) < 4.78 is 16.9. The van der Waals surface area contributed by atoms with Gasteiger partial charge in [-0.15, -0.1) is 0 Å². The summed E-state index contributed by atoms with van der Waals surface area (Å²) in [6.07, 6.45) is 78.5. The molecule has 0 amide bonds. The van der Waals surface area contributed by atoms with Gasteiger partial charge in [-0.3, -0.25) is 14.4 Å². The minimum atomic E-state index is -0.794. The van der Waals surface area contributed by atoms with Gasteiger partial charge < -0.3 is 14.2 Å². The summed E-state index contributed by atoms with van der Waals surface area (Å²) in [5.41, 5.74) is 0. The number of ether oxygens (including phenoxy) is 3. The van der Waals surface area contributed by atoms with E-state index >= 15 is 0 Å². The molecule has 414 valence electrons. The molecule has 6 heteroatoms. The van der Waals surface area contributed by atoms with Crippen molar-refractivity contribution >= 4 is 17.9 Å². The second kappa shape index (κ2) is 60.1. The van der Waals surface area contributed by atoms with Gasteiger partial charge in [0.2, 0.25) is 0 Å². The van der Waals surface area contributed by atoms with Crippen molar-refractivity contribution in [3.05, 3.63) is 85.1 Å². The second-order valence-electron chi connectivity index (χ2n) is 20.2. The summed E-state index contributed by atoms with van der Waals surface area (Å²) in [5.74, 6) is -0.915. The summed E-state index contributed by atoms with van der Waals surface area (Å²) in [7, 11) is 0. The Morgan fingerprint density at radius 2 is 0.500 bits per heavy atom. The predicted molar refractivity (Wildman–Crippen MR) is 311 cm³/mol. The van der Waals surface area contributed by atoms with E-state index in [0.717, 1.165) is 109 Å². The molecule has 0 aromatic rings. The van der Waals surface area contributed by atoms with Crippen LogP contribution in [0.5, 0.6) is 0 Å². The van der Waals surface area contributed by atoms with E-state index in [9.17, 15) is 14.4 Å². The molecule has 1 unspecified atom stereocenters. The van der Waals surface area contributed by atoms with Crippen molar-refractivity contribution < 1.29 is 28.6 Å². The molecule has 0 saturated heterocycles. The van der Waals surface area contributed by atoms with Crippen molar-refractivity contribution in [3.63, 3.8) is 0 Å². The van der Waals surface area contributed by atoms with E-state index in [0.29, 0.717) is 19.3 Å². The zero-order valence-corrected chi connectivity index (χ0v) is 47.4. The van der Waals surface area contributed by atoms with Gasteiger partial charge in [0.05, 0.1) is 0 Å². The van der Waals surface area contributed by atoms with E-state index in [2.05, 4.69) is 106 Å². The average molecular weight is 1000 g/mol. The molecular weight excluding hydrogens is 889 g/mol. The fourth-order valence-corrected chi connectivity index (χ4v) is 8.45. The zero-order chi connectivity index (χ0) is 52.2. The lowest BCUT2D eigenvalue weighted by Gasteiger charge is -2.18. The zero-order valence-electron chi connectivity index (χ0n) is 47.4. The summed E-state index contributed by atoms with van der Waals surface area (Å²) >= 11 is 0. The quantitative estimate of drug-likeness (QED) is 0.0261. The number of hydrogen-bond acceptors (Lipinski definition) is 6. The van der Waals surface area contributed by atoms with Crippen LogP contribution < -0.4 is 0 Å². The van der Waals surface area contributed by atoms with Gasteiger partial charge in [-0.2, -0.15) is 0 Å². The Hall–Kier alpha value is -3.41. The van der Waals surface area contributed by atoms with E-state index in [1.807, 2.05) is 0 Å². The number of carbonyl (C=O) groups excluding carboxylic acids is 3. The Balaban J connectivity index is 4.45. The highest BCUT2D eigenvalue weighted by Gasteiger charge is 2.19. The van der Waals surface area contributed by atoms with E-state index in [4.69, 9.17) is 14.2 Å². The van der Waals surface area contributed by atoms with Gasteiger partial charge in [0, 0.05) is 19.3 Å². The Kier molecular flexibility index (Phi) is 57.3. The second-order valence-corrected chi connectivity index (χ2v) is 20.2. The van der Waals surface area contributed by atoms with Crippen molar-refractivity contribution in [2.24, 2.45) is 0 Å². The van der Waals surface area contributed by atoms with Crippen LogP contribution in [0.2, 0.25) is 0 Å². The highest BCUT2D eigenvalue weighted by atomic mass is 16.6. The van der Waals surface area contributed by atoms with Gasteiger partial charge >= 0.3 is 17.9 Å². The van der Waals surface area contributed by atoms with Crippen molar-refractivity contribution in [3.8, 4) is 0 Å². The minimum absolute atomic E-state index is 0.0902. The maximum atomic E-state index is 12.9. The van der Waals surface area contributed by atoms with Crippen LogP contribution in [-0.2, 0) is 28.6 Å². The molecule has 0 aliphatic heterocycles. The monoisotopic (exact) mass is 1000 g/mol. The van der Waals surface area contributed by atoms with Gasteiger partial charge in [0.15, 0.2) is 6.10 Å². The molecule has 0 bridgehead atoms. The first-order chi connectivity index (χ1) is 35.5. The maximum Gasteiger partial charge on any atom is 0.306 e. The molecule has 0 aromatic heterocycles. The molecule has 0 rings (SSSR count). The predicted octanol–water partition coefficient (Wildman–Crippen LogP) is 20.7. The van der Waals surface area contributed by atoms with Crippen LogP contribution in [-0.4, -0.2) is 37.2 Å². The fourth-order valence-electron chi connectivity index (χ4n) is 8.45. The highest BCUT2D eigenvalue weighted by Crippen LogP contribution is 2.15. The average Bonchev–Trinajstić information content (AvgIpc) is 3.38. The number of unbranched alkanes of at least 4 members (excludes halogenated alkanes) is 30. The van der Waals surface area contributed by atoms with Gasteiger partial charge in [-0.25, -0.2) is 0 Å². The van der Waals surface area contributed by atoms with Gasteiger partial charge in [0.25, 0.3) is 0 Å². The third-order valence-corrected chi connectivity index (χ3v) is 13.1. The molecule has 0 saturated carbocycles. The van der Waals surface area contributed by atoms with E-state index in [-0.39, 0.29) is 31.1 Å². The Bertz CT molecular complexity index is 1380. The highest BCUT2D eigenvalue weighted by molar-refractivity contribution is 5.71. The van der Waals surface area contributed by atoms with Crippen LogP contribution in [0, 0.1) is 0 Å². The van der Waals surface area contributed by atoms with Crippen LogP contribution in [0.1, 0.15) is 297 Å². The molecule has 0 heterocycles. The molecule has 0 aliphatic carbocycles. The molecule has 0 aliphatic rings. The molecule has 0 N–H and O–H groups in total. The maximum absolute atomic E-state index is 12.9.